The van der Waals surface area contributed by atoms with Crippen molar-refractivity contribution in [2.24, 2.45) is 0 Å². The number of anilines is 1. The number of nitro groups is 2. The van der Waals surface area contributed by atoms with E-state index in [1.165, 1.54) is 31.4 Å². The monoisotopic (exact) mass is 375 g/mol. The van der Waals surface area contributed by atoms with E-state index in [9.17, 15) is 29.8 Å². The second-order valence-electron chi connectivity index (χ2n) is 5.07. The van der Waals surface area contributed by atoms with Crippen molar-refractivity contribution < 1.29 is 28.9 Å². The Labute approximate surface area is 151 Å². The number of carbonyl (C=O) groups is 2. The van der Waals surface area contributed by atoms with Crippen molar-refractivity contribution in [1.82, 2.24) is 0 Å². The van der Waals surface area contributed by atoms with E-state index in [0.29, 0.717) is 11.3 Å². The lowest BCUT2D eigenvalue weighted by molar-refractivity contribution is -0.394. The first-order valence-electron chi connectivity index (χ1n) is 7.35. The van der Waals surface area contributed by atoms with E-state index >= 15 is 0 Å². The Balaban J connectivity index is 2.02. The van der Waals surface area contributed by atoms with Gasteiger partial charge in [0.2, 0.25) is 0 Å². The highest BCUT2D eigenvalue weighted by Gasteiger charge is 2.21. The molecule has 140 valence electrons. The SMILES string of the molecule is COC(=O)c1ccc(NC(=O)COc2ccc([N+](=O)[O-])cc2[N+](=O)[O-])cc1. The van der Waals surface area contributed by atoms with Crippen LogP contribution in [0.4, 0.5) is 17.1 Å². The average Bonchev–Trinajstić information content (AvgIpc) is 2.66. The third-order valence-corrected chi connectivity index (χ3v) is 3.30. The molecule has 1 N–H and O–H groups in total. The number of ether oxygens (including phenoxy) is 2. The summed E-state index contributed by atoms with van der Waals surface area (Å²) >= 11 is 0. The third-order valence-electron chi connectivity index (χ3n) is 3.30. The molecule has 2 aromatic rings. The predicted octanol–water partition coefficient (Wildman–Crippen LogP) is 2.31. The maximum absolute atomic E-state index is 11.9. The molecule has 0 atom stereocenters. The van der Waals surface area contributed by atoms with Gasteiger partial charge in [-0.15, -0.1) is 0 Å². The number of nitrogens with zero attached hydrogens (tertiary/aromatic N) is 2. The Morgan fingerprint density at radius 2 is 1.70 bits per heavy atom. The summed E-state index contributed by atoms with van der Waals surface area (Å²) in [5, 5.41) is 24.2. The molecule has 27 heavy (non-hydrogen) atoms. The van der Waals surface area contributed by atoms with Crippen LogP contribution in [0.25, 0.3) is 0 Å². The first kappa shape index (κ1) is 19.3. The first-order chi connectivity index (χ1) is 12.8. The lowest BCUT2D eigenvalue weighted by Crippen LogP contribution is -2.20. The number of benzene rings is 2. The Hall–Kier alpha value is -4.02. The van der Waals surface area contributed by atoms with Crippen molar-refractivity contribution >= 4 is 28.9 Å². The molecule has 0 aromatic heterocycles. The molecule has 0 saturated carbocycles. The van der Waals surface area contributed by atoms with Gasteiger partial charge < -0.3 is 14.8 Å². The van der Waals surface area contributed by atoms with Crippen molar-refractivity contribution in [3.05, 3.63) is 68.3 Å². The Bertz CT molecular complexity index is 895. The highest BCUT2D eigenvalue weighted by atomic mass is 16.6. The van der Waals surface area contributed by atoms with Crippen LogP contribution >= 0.6 is 0 Å². The van der Waals surface area contributed by atoms with Crippen molar-refractivity contribution in [2.45, 2.75) is 0 Å². The zero-order valence-corrected chi connectivity index (χ0v) is 13.9. The molecule has 2 rings (SSSR count). The molecule has 0 aliphatic rings. The number of rotatable bonds is 7. The smallest absolute Gasteiger partial charge is 0.337 e. The number of esters is 1. The number of nitrogens with one attached hydrogen (secondary N) is 1. The van der Waals surface area contributed by atoms with Crippen molar-refractivity contribution in [2.75, 3.05) is 19.0 Å². The van der Waals surface area contributed by atoms with Gasteiger partial charge in [0.05, 0.1) is 28.6 Å². The number of methoxy groups -OCH3 is 1. The summed E-state index contributed by atoms with van der Waals surface area (Å²) in [6, 6.07) is 8.67. The quantitative estimate of drug-likeness (QED) is 0.440. The minimum atomic E-state index is -0.841. The van der Waals surface area contributed by atoms with Crippen LogP contribution in [0.3, 0.4) is 0 Å². The summed E-state index contributed by atoms with van der Waals surface area (Å²) in [6.45, 7) is -0.558. The van der Waals surface area contributed by atoms with E-state index in [0.717, 1.165) is 18.2 Å². The van der Waals surface area contributed by atoms with Gasteiger partial charge in [-0.05, 0) is 30.3 Å². The summed E-state index contributed by atoms with van der Waals surface area (Å²) in [4.78, 5) is 43.3. The molecule has 0 unspecified atom stereocenters. The zero-order valence-electron chi connectivity index (χ0n) is 13.9. The lowest BCUT2D eigenvalue weighted by Gasteiger charge is -2.08. The van der Waals surface area contributed by atoms with E-state index in [-0.39, 0.29) is 5.75 Å². The topological polar surface area (TPSA) is 151 Å². The maximum Gasteiger partial charge on any atom is 0.337 e. The van der Waals surface area contributed by atoms with Crippen molar-refractivity contribution in [3.63, 3.8) is 0 Å². The Morgan fingerprint density at radius 1 is 1.04 bits per heavy atom. The lowest BCUT2D eigenvalue weighted by atomic mass is 10.2. The number of nitro benzene ring substituents is 2. The number of hydrogen-bond donors (Lipinski definition) is 1. The van der Waals surface area contributed by atoms with Crippen molar-refractivity contribution in [1.29, 1.82) is 0 Å². The van der Waals surface area contributed by atoms with Crippen LogP contribution < -0.4 is 10.1 Å². The molecule has 0 heterocycles. The van der Waals surface area contributed by atoms with Gasteiger partial charge in [0, 0.05) is 11.8 Å². The summed E-state index contributed by atoms with van der Waals surface area (Å²) in [5.41, 5.74) is -0.425. The van der Waals surface area contributed by atoms with Crippen molar-refractivity contribution in [3.8, 4) is 5.75 Å². The molecule has 1 amide bonds. The fraction of sp³-hybridized carbons (Fsp3) is 0.125. The highest BCUT2D eigenvalue weighted by molar-refractivity contribution is 5.93. The third kappa shape index (κ3) is 4.98. The molecule has 2 aromatic carbocycles. The maximum atomic E-state index is 11.9. The van der Waals surface area contributed by atoms with Crippen LogP contribution in [0.2, 0.25) is 0 Å². The molecule has 0 fully saturated rings. The van der Waals surface area contributed by atoms with E-state index in [4.69, 9.17) is 4.74 Å². The van der Waals surface area contributed by atoms with Gasteiger partial charge >= 0.3 is 11.7 Å². The first-order valence-corrected chi connectivity index (χ1v) is 7.35. The summed E-state index contributed by atoms with van der Waals surface area (Å²) in [5.74, 6) is -1.42. The van der Waals surface area contributed by atoms with E-state index in [1.54, 1.807) is 0 Å². The molecule has 0 radical (unpaired) electrons. The van der Waals surface area contributed by atoms with Gasteiger partial charge in [0.25, 0.3) is 11.6 Å². The molecular weight excluding hydrogens is 362 g/mol. The molecule has 11 heteroatoms. The van der Waals surface area contributed by atoms with Gasteiger partial charge in [0.1, 0.15) is 0 Å². The van der Waals surface area contributed by atoms with Gasteiger partial charge in [-0.2, -0.15) is 0 Å². The summed E-state index contributed by atoms with van der Waals surface area (Å²) in [6.07, 6.45) is 0. The van der Waals surface area contributed by atoms with E-state index in [1.807, 2.05) is 0 Å². The molecular formula is C16H13N3O8. The summed E-state index contributed by atoms with van der Waals surface area (Å²) < 4.78 is 9.65. The van der Waals surface area contributed by atoms with Crippen LogP contribution in [-0.4, -0.2) is 35.4 Å². The second kappa shape index (κ2) is 8.38. The fourth-order valence-electron chi connectivity index (χ4n) is 2.03. The fourth-order valence-corrected chi connectivity index (χ4v) is 2.03. The van der Waals surface area contributed by atoms with Crippen LogP contribution in [-0.2, 0) is 9.53 Å². The van der Waals surface area contributed by atoms with Crippen LogP contribution in [0.5, 0.6) is 5.75 Å². The number of carbonyl (C=O) groups excluding carboxylic acids is 2. The number of non-ortho nitro benzene ring substituents is 1. The molecule has 0 aliphatic carbocycles. The molecule has 0 bridgehead atoms. The molecule has 0 saturated heterocycles. The molecule has 0 spiro atoms. The normalized spacial score (nSPS) is 9.96. The zero-order chi connectivity index (χ0) is 20.0. The predicted molar refractivity (Wildman–Crippen MR) is 91.7 cm³/mol. The van der Waals surface area contributed by atoms with Crippen LogP contribution in [0, 0.1) is 20.2 Å². The second-order valence-corrected chi connectivity index (χ2v) is 5.07. The Kier molecular flexibility index (Phi) is 5.99. The number of amides is 1. The van der Waals surface area contributed by atoms with Crippen LogP contribution in [0.1, 0.15) is 10.4 Å². The van der Waals surface area contributed by atoms with Gasteiger partial charge in [-0.25, -0.2) is 4.79 Å². The highest BCUT2D eigenvalue weighted by Crippen LogP contribution is 2.30. The minimum absolute atomic E-state index is 0.276. The van der Waals surface area contributed by atoms with Gasteiger partial charge in [0.15, 0.2) is 12.4 Å². The van der Waals surface area contributed by atoms with Gasteiger partial charge in [-0.1, -0.05) is 0 Å². The molecule has 11 nitrogen and oxygen atoms in total. The average molecular weight is 375 g/mol. The number of hydrogen-bond acceptors (Lipinski definition) is 8. The Morgan fingerprint density at radius 3 is 2.26 bits per heavy atom. The minimum Gasteiger partial charge on any atom is -0.477 e. The van der Waals surface area contributed by atoms with E-state index in [2.05, 4.69) is 10.1 Å². The van der Waals surface area contributed by atoms with Crippen LogP contribution in [0.15, 0.2) is 42.5 Å². The molecule has 0 aliphatic heterocycles. The standard InChI is InChI=1S/C16H13N3O8/c1-26-16(21)10-2-4-11(5-3-10)17-15(20)9-27-14-7-6-12(18(22)23)8-13(14)19(24)25/h2-8H,9H2,1H3,(H,17,20). The summed E-state index contributed by atoms with van der Waals surface area (Å²) in [7, 11) is 1.24. The largest absolute Gasteiger partial charge is 0.477 e. The van der Waals surface area contributed by atoms with E-state index < -0.39 is 39.7 Å². The van der Waals surface area contributed by atoms with Gasteiger partial charge in [-0.3, -0.25) is 25.0 Å².